The van der Waals surface area contributed by atoms with Crippen LogP contribution in [0.5, 0.6) is 0 Å². The van der Waals surface area contributed by atoms with Crippen molar-refractivity contribution in [3.05, 3.63) is 90.0 Å². The van der Waals surface area contributed by atoms with Crippen molar-refractivity contribution in [1.29, 1.82) is 0 Å². The second-order valence-electron chi connectivity index (χ2n) is 8.80. The lowest BCUT2D eigenvalue weighted by atomic mass is 10.0. The molecule has 4 aromatic rings. The number of rotatable bonds is 8. The molecule has 0 saturated carbocycles. The van der Waals surface area contributed by atoms with Crippen LogP contribution in [0.4, 0.5) is 4.39 Å². The number of H-pyrrole nitrogens is 1. The van der Waals surface area contributed by atoms with Gasteiger partial charge in [0, 0.05) is 55.1 Å². The second kappa shape index (κ2) is 10.2. The van der Waals surface area contributed by atoms with E-state index in [4.69, 9.17) is 4.74 Å². The Morgan fingerprint density at radius 1 is 1.12 bits per heavy atom. The number of ether oxygens (including phenoxy) is 1. The number of benzene rings is 2. The highest BCUT2D eigenvalue weighted by molar-refractivity contribution is 5.91. The van der Waals surface area contributed by atoms with Crippen molar-refractivity contribution in [3.8, 4) is 11.3 Å². The monoisotopic (exact) mass is 457 g/mol. The van der Waals surface area contributed by atoms with E-state index in [0.717, 1.165) is 52.7 Å². The molecule has 1 saturated heterocycles. The van der Waals surface area contributed by atoms with E-state index < -0.39 is 0 Å². The van der Waals surface area contributed by atoms with E-state index in [-0.39, 0.29) is 17.8 Å². The molecule has 5 nitrogen and oxygen atoms in total. The lowest BCUT2D eigenvalue weighted by molar-refractivity contribution is -0.133. The number of fused-ring (bicyclic) bond motifs is 1. The van der Waals surface area contributed by atoms with Crippen LogP contribution in [0.3, 0.4) is 0 Å². The van der Waals surface area contributed by atoms with Crippen molar-refractivity contribution >= 4 is 16.8 Å². The van der Waals surface area contributed by atoms with E-state index in [1.54, 1.807) is 18.3 Å². The van der Waals surface area contributed by atoms with Gasteiger partial charge in [-0.15, -0.1) is 0 Å². The molecule has 2 aromatic heterocycles. The van der Waals surface area contributed by atoms with Crippen LogP contribution in [0.2, 0.25) is 0 Å². The molecule has 34 heavy (non-hydrogen) atoms. The molecule has 0 spiro atoms. The lowest BCUT2D eigenvalue weighted by Gasteiger charge is -2.25. The highest BCUT2D eigenvalue weighted by Gasteiger charge is 2.23. The SMILES string of the molecule is O=C(CCc1c(-c2ccc(F)cc2)[nH]c2ccccc12)N(Cc1cccnc1)CC1CCCO1. The average Bonchev–Trinajstić information content (AvgIpc) is 3.51. The molecule has 5 rings (SSSR count). The maximum atomic E-state index is 13.5. The molecular formula is C28H28FN3O2. The van der Waals surface area contributed by atoms with Gasteiger partial charge in [-0.25, -0.2) is 4.39 Å². The number of nitrogens with zero attached hydrogens (tertiary/aromatic N) is 2. The summed E-state index contributed by atoms with van der Waals surface area (Å²) in [6.07, 6.45) is 6.62. The predicted molar refractivity (Wildman–Crippen MR) is 131 cm³/mol. The fourth-order valence-corrected chi connectivity index (χ4v) is 4.71. The van der Waals surface area contributed by atoms with Crippen molar-refractivity contribution in [3.63, 3.8) is 0 Å². The zero-order valence-corrected chi connectivity index (χ0v) is 19.0. The molecule has 1 N–H and O–H groups in total. The molecule has 6 heteroatoms. The molecular weight excluding hydrogens is 429 g/mol. The summed E-state index contributed by atoms with van der Waals surface area (Å²) in [5.74, 6) is -0.175. The van der Waals surface area contributed by atoms with Crippen molar-refractivity contribution in [2.24, 2.45) is 0 Å². The quantitative estimate of drug-likeness (QED) is 0.380. The third kappa shape index (κ3) is 5.02. The fraction of sp³-hybridized carbons (Fsp3) is 0.286. The van der Waals surface area contributed by atoms with Gasteiger partial charge in [-0.1, -0.05) is 24.3 Å². The predicted octanol–water partition coefficient (Wildman–Crippen LogP) is 5.51. The standard InChI is InChI=1S/C28H28FN3O2/c29-22-11-9-21(10-12-22)28-25(24-7-1-2-8-26(24)31-28)13-14-27(33)32(19-23-6-4-16-34-23)18-20-5-3-15-30-17-20/h1-3,5,7-12,15,17,23,31H,4,6,13-14,16,18-19H2. The molecule has 0 aliphatic carbocycles. The molecule has 174 valence electrons. The number of aromatic amines is 1. The fourth-order valence-electron chi connectivity index (χ4n) is 4.71. The van der Waals surface area contributed by atoms with Gasteiger partial charge in [0.05, 0.1) is 6.10 Å². The van der Waals surface area contributed by atoms with Gasteiger partial charge in [-0.3, -0.25) is 9.78 Å². The van der Waals surface area contributed by atoms with Crippen molar-refractivity contribution in [2.45, 2.75) is 38.3 Å². The van der Waals surface area contributed by atoms with Gasteiger partial charge in [0.15, 0.2) is 0 Å². The number of nitrogens with one attached hydrogen (secondary N) is 1. The van der Waals surface area contributed by atoms with Gasteiger partial charge >= 0.3 is 0 Å². The van der Waals surface area contributed by atoms with Gasteiger partial charge in [-0.2, -0.15) is 0 Å². The van der Waals surface area contributed by atoms with E-state index in [9.17, 15) is 9.18 Å². The minimum atomic E-state index is -0.267. The second-order valence-corrected chi connectivity index (χ2v) is 8.80. The van der Waals surface area contributed by atoms with Gasteiger partial charge in [-0.05, 0) is 72.4 Å². The summed E-state index contributed by atoms with van der Waals surface area (Å²) in [6, 6.07) is 18.5. The van der Waals surface area contributed by atoms with Crippen LogP contribution < -0.4 is 0 Å². The molecule has 1 atom stereocenters. The number of pyridine rings is 1. The molecule has 3 heterocycles. The van der Waals surface area contributed by atoms with E-state index in [1.807, 2.05) is 41.4 Å². The number of carbonyl (C=O) groups excluding carboxylic acids is 1. The molecule has 1 aliphatic rings. The van der Waals surface area contributed by atoms with Crippen LogP contribution in [-0.4, -0.2) is 40.0 Å². The molecule has 1 amide bonds. The number of aryl methyl sites for hydroxylation is 1. The summed E-state index contributed by atoms with van der Waals surface area (Å²) >= 11 is 0. The number of aromatic nitrogens is 2. The van der Waals surface area contributed by atoms with E-state index in [0.29, 0.717) is 25.9 Å². The Morgan fingerprint density at radius 3 is 2.74 bits per heavy atom. The summed E-state index contributed by atoms with van der Waals surface area (Å²) in [5, 5.41) is 1.09. The van der Waals surface area contributed by atoms with Crippen LogP contribution in [0.15, 0.2) is 73.1 Å². The van der Waals surface area contributed by atoms with Crippen LogP contribution >= 0.6 is 0 Å². The maximum Gasteiger partial charge on any atom is 0.223 e. The summed E-state index contributed by atoms with van der Waals surface area (Å²) in [7, 11) is 0. The van der Waals surface area contributed by atoms with E-state index >= 15 is 0 Å². The normalized spacial score (nSPS) is 15.6. The Hall–Kier alpha value is -3.51. The molecule has 0 radical (unpaired) electrons. The molecule has 1 aliphatic heterocycles. The summed E-state index contributed by atoms with van der Waals surface area (Å²) in [4.78, 5) is 23.0. The summed E-state index contributed by atoms with van der Waals surface area (Å²) in [5.41, 5.74) is 4.94. The van der Waals surface area contributed by atoms with Gasteiger partial charge in [0.25, 0.3) is 0 Å². The first-order chi connectivity index (χ1) is 16.7. The number of para-hydroxylation sites is 1. The van der Waals surface area contributed by atoms with Gasteiger partial charge in [0.1, 0.15) is 5.82 Å². The first-order valence-electron chi connectivity index (χ1n) is 11.8. The molecule has 1 fully saturated rings. The topological polar surface area (TPSA) is 58.2 Å². The Balaban J connectivity index is 1.38. The minimum Gasteiger partial charge on any atom is -0.376 e. The minimum absolute atomic E-state index is 0.0866. The Labute approximate surface area is 198 Å². The van der Waals surface area contributed by atoms with Crippen molar-refractivity contribution in [2.75, 3.05) is 13.2 Å². The highest BCUT2D eigenvalue weighted by Crippen LogP contribution is 2.31. The number of hydrogen-bond donors (Lipinski definition) is 1. The third-order valence-electron chi connectivity index (χ3n) is 6.43. The number of hydrogen-bond acceptors (Lipinski definition) is 3. The number of halogens is 1. The van der Waals surface area contributed by atoms with Crippen molar-refractivity contribution < 1.29 is 13.9 Å². The van der Waals surface area contributed by atoms with E-state index in [2.05, 4.69) is 16.0 Å². The van der Waals surface area contributed by atoms with Crippen LogP contribution in [0.1, 0.15) is 30.4 Å². The largest absolute Gasteiger partial charge is 0.376 e. The van der Waals surface area contributed by atoms with Gasteiger partial charge in [0.2, 0.25) is 5.91 Å². The first kappa shape index (κ1) is 22.3. The Bertz CT molecular complexity index is 1250. The van der Waals surface area contributed by atoms with Gasteiger partial charge < -0.3 is 14.6 Å². The van der Waals surface area contributed by atoms with E-state index in [1.165, 1.54) is 12.1 Å². The smallest absolute Gasteiger partial charge is 0.223 e. The Kier molecular flexibility index (Phi) is 6.67. The third-order valence-corrected chi connectivity index (χ3v) is 6.43. The summed E-state index contributed by atoms with van der Waals surface area (Å²) < 4.78 is 19.3. The van der Waals surface area contributed by atoms with Crippen LogP contribution in [0, 0.1) is 5.82 Å². The number of carbonyl (C=O) groups is 1. The number of amides is 1. The van der Waals surface area contributed by atoms with Crippen molar-refractivity contribution in [1.82, 2.24) is 14.9 Å². The average molecular weight is 458 g/mol. The maximum absolute atomic E-state index is 13.5. The molecule has 1 unspecified atom stereocenters. The van der Waals surface area contributed by atoms with Crippen LogP contribution in [0.25, 0.3) is 22.2 Å². The molecule has 0 bridgehead atoms. The summed E-state index contributed by atoms with van der Waals surface area (Å²) in [6.45, 7) is 1.87. The zero-order valence-electron chi connectivity index (χ0n) is 19.0. The molecule has 2 aromatic carbocycles. The lowest BCUT2D eigenvalue weighted by Crippen LogP contribution is -2.37. The van der Waals surface area contributed by atoms with Crippen LogP contribution in [-0.2, 0) is 22.5 Å². The first-order valence-corrected chi connectivity index (χ1v) is 11.8. The Morgan fingerprint density at radius 2 is 1.97 bits per heavy atom. The zero-order chi connectivity index (χ0) is 23.3. The highest BCUT2D eigenvalue weighted by atomic mass is 19.1.